The molecule has 0 spiro atoms. The summed E-state index contributed by atoms with van der Waals surface area (Å²) >= 11 is 0. The van der Waals surface area contributed by atoms with Gasteiger partial charge in [-0.3, -0.25) is 0 Å². The van der Waals surface area contributed by atoms with E-state index in [-0.39, 0.29) is 5.69 Å². The standard InChI is InChI=1S/C13H12F2N2/c1-8-2-5-12(10(15)6-8)17-13-7-9(14)3-4-11(13)16/h2-7,17H,16H2,1H3. The van der Waals surface area contributed by atoms with Crippen molar-refractivity contribution in [1.29, 1.82) is 0 Å². The summed E-state index contributed by atoms with van der Waals surface area (Å²) < 4.78 is 26.6. The second-order valence-corrected chi connectivity index (χ2v) is 3.84. The van der Waals surface area contributed by atoms with Crippen LogP contribution in [0.2, 0.25) is 0 Å². The third-order valence-electron chi connectivity index (χ3n) is 2.41. The number of nitrogens with two attached hydrogens (primary N) is 1. The van der Waals surface area contributed by atoms with E-state index in [9.17, 15) is 8.78 Å². The molecule has 0 aliphatic heterocycles. The molecule has 88 valence electrons. The van der Waals surface area contributed by atoms with Crippen molar-refractivity contribution in [3.05, 3.63) is 53.6 Å². The van der Waals surface area contributed by atoms with Crippen molar-refractivity contribution in [1.82, 2.24) is 0 Å². The van der Waals surface area contributed by atoms with Crippen LogP contribution in [0, 0.1) is 18.6 Å². The molecule has 2 aromatic carbocycles. The Bertz CT molecular complexity index is 553. The lowest BCUT2D eigenvalue weighted by molar-refractivity contribution is 0.626. The number of nitrogen functional groups attached to an aromatic ring is 1. The Labute approximate surface area is 98.1 Å². The Balaban J connectivity index is 2.34. The predicted octanol–water partition coefficient (Wildman–Crippen LogP) is 3.60. The van der Waals surface area contributed by atoms with Crippen molar-refractivity contribution in [3.63, 3.8) is 0 Å². The highest BCUT2D eigenvalue weighted by Crippen LogP contribution is 2.25. The van der Waals surface area contributed by atoms with Crippen LogP contribution in [-0.2, 0) is 0 Å². The zero-order valence-electron chi connectivity index (χ0n) is 9.30. The minimum absolute atomic E-state index is 0.271. The first-order chi connectivity index (χ1) is 8.06. The fraction of sp³-hybridized carbons (Fsp3) is 0.0769. The summed E-state index contributed by atoms with van der Waals surface area (Å²) in [4.78, 5) is 0. The van der Waals surface area contributed by atoms with Gasteiger partial charge in [-0.25, -0.2) is 8.78 Å². The van der Waals surface area contributed by atoms with Gasteiger partial charge < -0.3 is 11.1 Å². The smallest absolute Gasteiger partial charge is 0.146 e. The van der Waals surface area contributed by atoms with Crippen molar-refractivity contribution in [2.45, 2.75) is 6.92 Å². The van der Waals surface area contributed by atoms with Gasteiger partial charge in [-0.15, -0.1) is 0 Å². The van der Waals surface area contributed by atoms with Crippen LogP contribution < -0.4 is 11.1 Å². The minimum Gasteiger partial charge on any atom is -0.397 e. The number of aryl methyl sites for hydroxylation is 1. The molecule has 0 saturated carbocycles. The first kappa shape index (κ1) is 11.4. The number of halogens is 2. The highest BCUT2D eigenvalue weighted by Gasteiger charge is 2.05. The van der Waals surface area contributed by atoms with Crippen LogP contribution in [0.1, 0.15) is 5.56 Å². The van der Waals surface area contributed by atoms with E-state index in [0.717, 1.165) is 5.56 Å². The second-order valence-electron chi connectivity index (χ2n) is 3.84. The fourth-order valence-corrected chi connectivity index (χ4v) is 1.50. The van der Waals surface area contributed by atoms with Gasteiger partial charge in [0.15, 0.2) is 0 Å². The quantitative estimate of drug-likeness (QED) is 0.779. The lowest BCUT2D eigenvalue weighted by atomic mass is 10.2. The van der Waals surface area contributed by atoms with Crippen LogP contribution in [-0.4, -0.2) is 0 Å². The number of rotatable bonds is 2. The predicted molar refractivity (Wildman–Crippen MR) is 65.2 cm³/mol. The molecule has 17 heavy (non-hydrogen) atoms. The van der Waals surface area contributed by atoms with Gasteiger partial charge in [-0.05, 0) is 42.8 Å². The minimum atomic E-state index is -0.422. The van der Waals surface area contributed by atoms with E-state index in [4.69, 9.17) is 5.73 Å². The second kappa shape index (κ2) is 4.41. The average molecular weight is 234 g/mol. The molecule has 2 nitrogen and oxygen atoms in total. The van der Waals surface area contributed by atoms with Gasteiger partial charge >= 0.3 is 0 Å². The fourth-order valence-electron chi connectivity index (χ4n) is 1.50. The SMILES string of the molecule is Cc1ccc(Nc2cc(F)ccc2N)c(F)c1. The summed E-state index contributed by atoms with van der Waals surface area (Å²) in [5, 5.41) is 2.77. The molecule has 0 aliphatic rings. The number of benzene rings is 2. The molecule has 4 heteroatoms. The maximum absolute atomic E-state index is 13.6. The van der Waals surface area contributed by atoms with Gasteiger partial charge in [0, 0.05) is 0 Å². The largest absolute Gasteiger partial charge is 0.397 e. The first-order valence-corrected chi connectivity index (χ1v) is 5.14. The first-order valence-electron chi connectivity index (χ1n) is 5.14. The van der Waals surface area contributed by atoms with E-state index >= 15 is 0 Å². The summed E-state index contributed by atoms with van der Waals surface area (Å²) in [7, 11) is 0. The molecule has 0 aromatic heterocycles. The van der Waals surface area contributed by atoms with Crippen molar-refractivity contribution in [2.75, 3.05) is 11.1 Å². The third kappa shape index (κ3) is 2.53. The third-order valence-corrected chi connectivity index (χ3v) is 2.41. The van der Waals surface area contributed by atoms with Crippen molar-refractivity contribution < 1.29 is 8.78 Å². The molecule has 0 heterocycles. The molecule has 3 N–H and O–H groups in total. The van der Waals surface area contributed by atoms with E-state index < -0.39 is 11.6 Å². The van der Waals surface area contributed by atoms with E-state index in [1.165, 1.54) is 24.3 Å². The molecule has 0 saturated heterocycles. The van der Waals surface area contributed by atoms with Gasteiger partial charge in [-0.2, -0.15) is 0 Å². The van der Waals surface area contributed by atoms with Crippen LogP contribution in [0.15, 0.2) is 36.4 Å². The maximum Gasteiger partial charge on any atom is 0.146 e. The van der Waals surface area contributed by atoms with Crippen LogP contribution in [0.4, 0.5) is 25.8 Å². The van der Waals surface area contributed by atoms with Gasteiger partial charge in [0.05, 0.1) is 17.1 Å². The molecule has 0 radical (unpaired) electrons. The summed E-state index contributed by atoms with van der Waals surface area (Å²) in [6, 6.07) is 8.68. The van der Waals surface area contributed by atoms with Crippen LogP contribution in [0.5, 0.6) is 0 Å². The molecule has 2 aromatic rings. The Hall–Kier alpha value is -2.10. The van der Waals surface area contributed by atoms with Crippen molar-refractivity contribution in [3.8, 4) is 0 Å². The number of hydrogen-bond donors (Lipinski definition) is 2. The van der Waals surface area contributed by atoms with Gasteiger partial charge in [0.25, 0.3) is 0 Å². The number of hydrogen-bond acceptors (Lipinski definition) is 2. The zero-order chi connectivity index (χ0) is 12.4. The van der Waals surface area contributed by atoms with E-state index in [0.29, 0.717) is 11.4 Å². The maximum atomic E-state index is 13.6. The summed E-state index contributed by atoms with van der Waals surface area (Å²) in [6.07, 6.45) is 0. The molecule has 0 amide bonds. The molecule has 0 atom stereocenters. The Morgan fingerprint density at radius 2 is 1.76 bits per heavy atom. The van der Waals surface area contributed by atoms with Gasteiger partial charge in [0.2, 0.25) is 0 Å². The van der Waals surface area contributed by atoms with E-state index in [1.807, 2.05) is 0 Å². The van der Waals surface area contributed by atoms with Crippen molar-refractivity contribution >= 4 is 17.1 Å². The van der Waals surface area contributed by atoms with Crippen LogP contribution >= 0.6 is 0 Å². The highest BCUT2D eigenvalue weighted by molar-refractivity contribution is 5.72. The molecular formula is C13H12F2N2. The van der Waals surface area contributed by atoms with E-state index in [2.05, 4.69) is 5.32 Å². The average Bonchev–Trinajstić information content (AvgIpc) is 2.27. The topological polar surface area (TPSA) is 38.0 Å². The zero-order valence-corrected chi connectivity index (χ0v) is 9.30. The van der Waals surface area contributed by atoms with Gasteiger partial charge in [0.1, 0.15) is 11.6 Å². The Morgan fingerprint density at radius 1 is 1.00 bits per heavy atom. The Kier molecular flexibility index (Phi) is 2.95. The van der Waals surface area contributed by atoms with Gasteiger partial charge in [-0.1, -0.05) is 6.07 Å². The molecular weight excluding hydrogens is 222 g/mol. The summed E-state index contributed by atoms with van der Waals surface area (Å²) in [5.41, 5.74) is 7.48. The Morgan fingerprint density at radius 3 is 2.47 bits per heavy atom. The molecule has 0 fully saturated rings. The lowest BCUT2D eigenvalue weighted by Gasteiger charge is -2.10. The molecule has 0 unspecified atom stereocenters. The van der Waals surface area contributed by atoms with Crippen LogP contribution in [0.25, 0.3) is 0 Å². The normalized spacial score (nSPS) is 10.3. The highest BCUT2D eigenvalue weighted by atomic mass is 19.1. The number of anilines is 3. The molecule has 0 bridgehead atoms. The number of nitrogens with one attached hydrogen (secondary N) is 1. The summed E-state index contributed by atoms with van der Waals surface area (Å²) in [6.45, 7) is 1.80. The summed E-state index contributed by atoms with van der Waals surface area (Å²) in [5.74, 6) is -0.817. The monoisotopic (exact) mass is 234 g/mol. The lowest BCUT2D eigenvalue weighted by Crippen LogP contribution is -1.99. The molecule has 2 rings (SSSR count). The van der Waals surface area contributed by atoms with Crippen molar-refractivity contribution in [2.24, 2.45) is 0 Å². The van der Waals surface area contributed by atoms with Crippen LogP contribution in [0.3, 0.4) is 0 Å². The molecule has 0 aliphatic carbocycles. The van der Waals surface area contributed by atoms with E-state index in [1.54, 1.807) is 19.1 Å².